The van der Waals surface area contributed by atoms with Crippen LogP contribution in [0.2, 0.25) is 5.02 Å². The van der Waals surface area contributed by atoms with E-state index in [-0.39, 0.29) is 17.2 Å². The Morgan fingerprint density at radius 2 is 2.00 bits per heavy atom. The van der Waals surface area contributed by atoms with Gasteiger partial charge in [-0.3, -0.25) is 14.5 Å². The van der Waals surface area contributed by atoms with Crippen LogP contribution in [0.25, 0.3) is 0 Å². The van der Waals surface area contributed by atoms with Crippen LogP contribution in [0.15, 0.2) is 24.3 Å². The molecule has 0 radical (unpaired) electrons. The van der Waals surface area contributed by atoms with Gasteiger partial charge in [0.1, 0.15) is 0 Å². The molecule has 0 bridgehead atoms. The van der Waals surface area contributed by atoms with Crippen LogP contribution in [-0.4, -0.2) is 59.4 Å². The van der Waals surface area contributed by atoms with E-state index < -0.39 is 0 Å². The predicted molar refractivity (Wildman–Crippen MR) is 102 cm³/mol. The largest absolute Gasteiger partial charge is 0.354 e. The number of likely N-dealkylation sites (tertiary alicyclic amines) is 1. The molecule has 1 N–H and O–H groups in total. The Balaban J connectivity index is 1.56. The maximum absolute atomic E-state index is 12.2. The van der Waals surface area contributed by atoms with E-state index >= 15 is 0 Å². The average molecular weight is 382 g/mol. The Kier molecular flexibility index (Phi) is 6.62. The first-order valence-electron chi connectivity index (χ1n) is 8.82. The van der Waals surface area contributed by atoms with E-state index in [0.717, 1.165) is 36.0 Å². The maximum Gasteiger partial charge on any atom is 0.281 e. The molecular formula is C18H24ClN3O2S. The van der Waals surface area contributed by atoms with Crippen LogP contribution in [0.4, 0.5) is 4.79 Å². The molecule has 1 unspecified atom stereocenters. The molecule has 7 heteroatoms. The molecule has 0 saturated carbocycles. The van der Waals surface area contributed by atoms with Crippen LogP contribution in [0.3, 0.4) is 0 Å². The highest BCUT2D eigenvalue weighted by Gasteiger charge is 2.26. The van der Waals surface area contributed by atoms with E-state index in [1.54, 1.807) is 4.90 Å². The molecule has 2 heterocycles. The number of nitrogens with zero attached hydrogens (tertiary/aromatic N) is 2. The normalized spacial score (nSPS) is 19.4. The van der Waals surface area contributed by atoms with Gasteiger partial charge in [-0.05, 0) is 37.6 Å². The fourth-order valence-electron chi connectivity index (χ4n) is 3.40. The van der Waals surface area contributed by atoms with Crippen LogP contribution < -0.4 is 5.32 Å². The Morgan fingerprint density at radius 3 is 2.68 bits per heavy atom. The quantitative estimate of drug-likeness (QED) is 0.788. The molecular weight excluding hydrogens is 358 g/mol. The van der Waals surface area contributed by atoms with Gasteiger partial charge in [-0.1, -0.05) is 41.6 Å². The van der Waals surface area contributed by atoms with Gasteiger partial charge in [0.05, 0.1) is 6.04 Å². The topological polar surface area (TPSA) is 52.7 Å². The Bertz CT molecular complexity index is 622. The molecule has 2 aliphatic heterocycles. The lowest BCUT2D eigenvalue weighted by Crippen LogP contribution is -2.38. The molecule has 0 aliphatic carbocycles. The number of carbonyl (C=O) groups is 2. The van der Waals surface area contributed by atoms with E-state index in [4.69, 9.17) is 11.6 Å². The van der Waals surface area contributed by atoms with Crippen molar-refractivity contribution in [3.05, 3.63) is 34.9 Å². The van der Waals surface area contributed by atoms with Crippen LogP contribution in [0, 0.1) is 0 Å². The second-order valence-electron chi connectivity index (χ2n) is 6.44. The number of rotatable bonds is 7. The number of halogens is 1. The van der Waals surface area contributed by atoms with E-state index in [1.165, 1.54) is 24.6 Å². The minimum atomic E-state index is -0.0130. The highest BCUT2D eigenvalue weighted by atomic mass is 35.5. The van der Waals surface area contributed by atoms with E-state index in [9.17, 15) is 9.59 Å². The SMILES string of the molecule is O=C(CCN1CCSC1=O)NCC(c1ccccc1Cl)N1CCCC1. The first-order valence-corrected chi connectivity index (χ1v) is 10.2. The zero-order valence-electron chi connectivity index (χ0n) is 14.2. The molecule has 2 amide bonds. The summed E-state index contributed by atoms with van der Waals surface area (Å²) in [5, 5.41) is 3.87. The van der Waals surface area contributed by atoms with Gasteiger partial charge < -0.3 is 10.2 Å². The fourth-order valence-corrected chi connectivity index (χ4v) is 4.51. The lowest BCUT2D eigenvalue weighted by Gasteiger charge is -2.29. The molecule has 2 saturated heterocycles. The van der Waals surface area contributed by atoms with Gasteiger partial charge in [0.25, 0.3) is 5.24 Å². The van der Waals surface area contributed by atoms with Crippen molar-refractivity contribution in [3.8, 4) is 0 Å². The summed E-state index contributed by atoms with van der Waals surface area (Å²) >= 11 is 7.72. The summed E-state index contributed by atoms with van der Waals surface area (Å²) in [5.74, 6) is 0.810. The minimum absolute atomic E-state index is 0.0130. The Labute approximate surface area is 158 Å². The third kappa shape index (κ3) is 4.90. The molecule has 5 nitrogen and oxygen atoms in total. The summed E-state index contributed by atoms with van der Waals surface area (Å²) in [6.45, 7) is 3.85. The zero-order valence-corrected chi connectivity index (χ0v) is 15.8. The van der Waals surface area contributed by atoms with Crippen molar-refractivity contribution < 1.29 is 9.59 Å². The van der Waals surface area contributed by atoms with E-state index in [2.05, 4.69) is 10.2 Å². The van der Waals surface area contributed by atoms with Crippen LogP contribution in [0.5, 0.6) is 0 Å². The van der Waals surface area contributed by atoms with Gasteiger partial charge in [0.15, 0.2) is 0 Å². The molecule has 136 valence electrons. The molecule has 1 aromatic rings. The highest BCUT2D eigenvalue weighted by molar-refractivity contribution is 8.13. The number of carbonyl (C=O) groups excluding carboxylic acids is 2. The van der Waals surface area contributed by atoms with Gasteiger partial charge in [0.2, 0.25) is 5.91 Å². The molecule has 0 spiro atoms. The van der Waals surface area contributed by atoms with Gasteiger partial charge in [0, 0.05) is 36.8 Å². The van der Waals surface area contributed by atoms with Crippen LogP contribution in [0.1, 0.15) is 30.9 Å². The number of benzene rings is 1. The van der Waals surface area contributed by atoms with Crippen molar-refractivity contribution in [1.29, 1.82) is 0 Å². The third-order valence-electron chi connectivity index (χ3n) is 4.79. The molecule has 0 aromatic heterocycles. The third-order valence-corrected chi connectivity index (χ3v) is 6.03. The van der Waals surface area contributed by atoms with Crippen molar-refractivity contribution >= 4 is 34.5 Å². The van der Waals surface area contributed by atoms with Crippen molar-refractivity contribution in [1.82, 2.24) is 15.1 Å². The monoisotopic (exact) mass is 381 g/mol. The first-order chi connectivity index (χ1) is 12.1. The number of hydrogen-bond donors (Lipinski definition) is 1. The van der Waals surface area contributed by atoms with Gasteiger partial charge in [-0.2, -0.15) is 0 Å². The molecule has 2 aliphatic rings. The Morgan fingerprint density at radius 1 is 1.24 bits per heavy atom. The summed E-state index contributed by atoms with van der Waals surface area (Å²) in [4.78, 5) is 28.0. The van der Waals surface area contributed by atoms with Crippen molar-refractivity contribution in [2.24, 2.45) is 0 Å². The molecule has 1 aromatic carbocycles. The molecule has 1 atom stereocenters. The van der Waals surface area contributed by atoms with Gasteiger partial charge >= 0.3 is 0 Å². The molecule has 3 rings (SSSR count). The summed E-state index contributed by atoms with van der Waals surface area (Å²) in [6.07, 6.45) is 2.72. The maximum atomic E-state index is 12.2. The summed E-state index contributed by atoms with van der Waals surface area (Å²) < 4.78 is 0. The smallest absolute Gasteiger partial charge is 0.281 e. The summed E-state index contributed by atoms with van der Waals surface area (Å²) in [7, 11) is 0. The number of thioether (sulfide) groups is 1. The van der Waals surface area contributed by atoms with Crippen molar-refractivity contribution in [3.63, 3.8) is 0 Å². The van der Waals surface area contributed by atoms with Crippen LogP contribution in [-0.2, 0) is 4.79 Å². The summed E-state index contributed by atoms with van der Waals surface area (Å²) in [6, 6.07) is 7.96. The fraction of sp³-hybridized carbons (Fsp3) is 0.556. The highest BCUT2D eigenvalue weighted by Crippen LogP contribution is 2.29. The standard InChI is InChI=1S/C18H24ClN3O2S/c19-15-6-2-1-5-14(15)16(21-8-3-4-9-21)13-20-17(23)7-10-22-11-12-25-18(22)24/h1-2,5-6,16H,3-4,7-13H2,(H,20,23). The average Bonchev–Trinajstić information content (AvgIpc) is 3.27. The lowest BCUT2D eigenvalue weighted by molar-refractivity contribution is -0.121. The first kappa shape index (κ1) is 18.5. The lowest BCUT2D eigenvalue weighted by atomic mass is 10.1. The predicted octanol–water partition coefficient (Wildman–Crippen LogP) is 3.15. The van der Waals surface area contributed by atoms with Gasteiger partial charge in [-0.15, -0.1) is 0 Å². The van der Waals surface area contributed by atoms with Crippen LogP contribution >= 0.6 is 23.4 Å². The summed E-state index contributed by atoms with van der Waals surface area (Å²) in [5.41, 5.74) is 1.07. The van der Waals surface area contributed by atoms with Crippen molar-refractivity contribution in [2.75, 3.05) is 38.5 Å². The van der Waals surface area contributed by atoms with Gasteiger partial charge in [-0.25, -0.2) is 0 Å². The van der Waals surface area contributed by atoms with E-state index in [0.29, 0.717) is 19.5 Å². The number of nitrogens with one attached hydrogen (secondary N) is 1. The van der Waals surface area contributed by atoms with Crippen molar-refractivity contribution in [2.45, 2.75) is 25.3 Å². The zero-order chi connectivity index (χ0) is 17.6. The number of hydrogen-bond acceptors (Lipinski definition) is 4. The molecule has 2 fully saturated rings. The molecule has 25 heavy (non-hydrogen) atoms. The minimum Gasteiger partial charge on any atom is -0.354 e. The second kappa shape index (κ2) is 8.92. The Hall–Kier alpha value is -1.24. The number of amides is 2. The second-order valence-corrected chi connectivity index (χ2v) is 7.89. The van der Waals surface area contributed by atoms with E-state index in [1.807, 2.05) is 24.3 Å².